The van der Waals surface area contributed by atoms with E-state index in [-0.39, 0.29) is 5.41 Å². The molecule has 0 aromatic heterocycles. The summed E-state index contributed by atoms with van der Waals surface area (Å²) in [4.78, 5) is 0. The normalized spacial score (nSPS) is 15.1. The summed E-state index contributed by atoms with van der Waals surface area (Å²) in [6.45, 7) is 7.41. The molecule has 1 nitrogen and oxygen atoms in total. The van der Waals surface area contributed by atoms with Crippen LogP contribution < -0.4 is 5.73 Å². The Hall–Kier alpha value is -1.34. The van der Waals surface area contributed by atoms with Crippen molar-refractivity contribution in [3.8, 4) is 0 Å². The standard InChI is InChI=1S/C16H21N/c1-12(2)16(3,11-17)15-9-8-13-6-4-5-7-14(13)10-15/h4-10,12H,11,17H2,1-3H3. The molecule has 0 saturated carbocycles. The Balaban J connectivity index is 2.55. The van der Waals surface area contributed by atoms with Crippen molar-refractivity contribution in [2.75, 3.05) is 6.54 Å². The Labute approximate surface area is 104 Å². The van der Waals surface area contributed by atoms with Crippen LogP contribution in [-0.4, -0.2) is 6.54 Å². The first kappa shape index (κ1) is 12.1. The fourth-order valence-electron chi connectivity index (χ4n) is 2.23. The predicted octanol–water partition coefficient (Wildman–Crippen LogP) is 3.71. The topological polar surface area (TPSA) is 26.0 Å². The van der Waals surface area contributed by atoms with E-state index in [1.165, 1.54) is 16.3 Å². The minimum Gasteiger partial charge on any atom is -0.330 e. The minimum absolute atomic E-state index is 0.0596. The summed E-state index contributed by atoms with van der Waals surface area (Å²) in [5.74, 6) is 0.536. The van der Waals surface area contributed by atoms with E-state index in [1.54, 1.807) is 0 Å². The smallest absolute Gasteiger partial charge is 0.00704 e. The summed E-state index contributed by atoms with van der Waals surface area (Å²) < 4.78 is 0. The third-order valence-electron chi connectivity index (χ3n) is 4.11. The van der Waals surface area contributed by atoms with Gasteiger partial charge in [0.25, 0.3) is 0 Å². The third-order valence-corrected chi connectivity index (χ3v) is 4.11. The Morgan fingerprint density at radius 1 is 1.06 bits per heavy atom. The molecule has 0 heterocycles. The third kappa shape index (κ3) is 2.07. The molecule has 0 spiro atoms. The minimum atomic E-state index is 0.0596. The summed E-state index contributed by atoms with van der Waals surface area (Å²) >= 11 is 0. The lowest BCUT2D eigenvalue weighted by molar-refractivity contribution is 0.348. The van der Waals surface area contributed by atoms with E-state index in [0.29, 0.717) is 12.5 Å². The van der Waals surface area contributed by atoms with Crippen molar-refractivity contribution in [3.63, 3.8) is 0 Å². The van der Waals surface area contributed by atoms with Crippen molar-refractivity contribution in [1.29, 1.82) is 0 Å². The summed E-state index contributed by atoms with van der Waals surface area (Å²) in [5.41, 5.74) is 7.38. The van der Waals surface area contributed by atoms with Gasteiger partial charge in [-0.3, -0.25) is 0 Å². The van der Waals surface area contributed by atoms with E-state index in [4.69, 9.17) is 5.73 Å². The average molecular weight is 227 g/mol. The van der Waals surface area contributed by atoms with Crippen molar-refractivity contribution in [2.45, 2.75) is 26.2 Å². The highest BCUT2D eigenvalue weighted by molar-refractivity contribution is 5.83. The molecule has 2 N–H and O–H groups in total. The molecule has 1 heteroatoms. The zero-order chi connectivity index (χ0) is 12.5. The number of fused-ring (bicyclic) bond motifs is 1. The molecule has 0 aliphatic heterocycles. The molecule has 0 amide bonds. The van der Waals surface area contributed by atoms with Crippen molar-refractivity contribution in [3.05, 3.63) is 48.0 Å². The van der Waals surface area contributed by atoms with Gasteiger partial charge in [0.1, 0.15) is 0 Å². The Morgan fingerprint density at radius 2 is 1.71 bits per heavy atom. The monoisotopic (exact) mass is 227 g/mol. The Morgan fingerprint density at radius 3 is 2.29 bits per heavy atom. The van der Waals surface area contributed by atoms with E-state index in [0.717, 1.165) is 0 Å². The van der Waals surface area contributed by atoms with Gasteiger partial charge in [-0.25, -0.2) is 0 Å². The summed E-state index contributed by atoms with van der Waals surface area (Å²) in [5, 5.41) is 2.59. The summed E-state index contributed by atoms with van der Waals surface area (Å²) in [7, 11) is 0. The molecule has 1 atom stereocenters. The van der Waals surface area contributed by atoms with Gasteiger partial charge in [0.15, 0.2) is 0 Å². The first-order valence-electron chi connectivity index (χ1n) is 6.27. The molecule has 1 unspecified atom stereocenters. The van der Waals surface area contributed by atoms with Crippen molar-refractivity contribution < 1.29 is 0 Å². The second-order valence-corrected chi connectivity index (χ2v) is 5.34. The first-order chi connectivity index (χ1) is 8.08. The molecule has 0 fully saturated rings. The molecule has 2 aromatic rings. The van der Waals surface area contributed by atoms with E-state index >= 15 is 0 Å². The van der Waals surface area contributed by atoms with Crippen molar-refractivity contribution >= 4 is 10.8 Å². The molecule has 90 valence electrons. The van der Waals surface area contributed by atoms with Crippen molar-refractivity contribution in [2.24, 2.45) is 11.7 Å². The van der Waals surface area contributed by atoms with Crippen LogP contribution in [-0.2, 0) is 5.41 Å². The maximum atomic E-state index is 5.98. The largest absolute Gasteiger partial charge is 0.330 e. The number of nitrogens with two attached hydrogens (primary N) is 1. The van der Waals surface area contributed by atoms with Crippen LogP contribution in [0.3, 0.4) is 0 Å². The van der Waals surface area contributed by atoms with Gasteiger partial charge in [-0.1, -0.05) is 63.2 Å². The molecule has 2 rings (SSSR count). The molecule has 0 aliphatic carbocycles. The van der Waals surface area contributed by atoms with Gasteiger partial charge in [0.2, 0.25) is 0 Å². The fourth-order valence-corrected chi connectivity index (χ4v) is 2.23. The van der Waals surface area contributed by atoms with Gasteiger partial charge >= 0.3 is 0 Å². The van der Waals surface area contributed by atoms with Gasteiger partial charge in [-0.05, 0) is 22.3 Å². The summed E-state index contributed by atoms with van der Waals surface area (Å²) in [6.07, 6.45) is 0. The van der Waals surface area contributed by atoms with Crippen LogP contribution in [0.25, 0.3) is 10.8 Å². The highest BCUT2D eigenvalue weighted by Crippen LogP contribution is 2.32. The molecule has 0 saturated heterocycles. The van der Waals surface area contributed by atoms with Crippen LogP contribution in [0, 0.1) is 5.92 Å². The molecule has 17 heavy (non-hydrogen) atoms. The van der Waals surface area contributed by atoms with Crippen molar-refractivity contribution in [1.82, 2.24) is 0 Å². The second-order valence-electron chi connectivity index (χ2n) is 5.34. The van der Waals surface area contributed by atoms with Gasteiger partial charge in [0.05, 0.1) is 0 Å². The van der Waals surface area contributed by atoms with Crippen LogP contribution in [0.1, 0.15) is 26.3 Å². The van der Waals surface area contributed by atoms with E-state index in [2.05, 4.69) is 63.2 Å². The average Bonchev–Trinajstić information content (AvgIpc) is 2.37. The van der Waals surface area contributed by atoms with Gasteiger partial charge in [-0.15, -0.1) is 0 Å². The lowest BCUT2D eigenvalue weighted by Crippen LogP contribution is -2.36. The zero-order valence-corrected chi connectivity index (χ0v) is 10.9. The number of hydrogen-bond donors (Lipinski definition) is 1. The highest BCUT2D eigenvalue weighted by atomic mass is 14.6. The molecule has 2 aromatic carbocycles. The quantitative estimate of drug-likeness (QED) is 0.850. The lowest BCUT2D eigenvalue weighted by atomic mass is 9.73. The Kier molecular flexibility index (Phi) is 3.21. The van der Waals surface area contributed by atoms with Crippen LogP contribution in [0.5, 0.6) is 0 Å². The Bertz CT molecular complexity index is 516. The lowest BCUT2D eigenvalue weighted by Gasteiger charge is -2.33. The van der Waals surface area contributed by atoms with Crippen LogP contribution in [0.4, 0.5) is 0 Å². The van der Waals surface area contributed by atoms with E-state index in [1.807, 2.05) is 0 Å². The SMILES string of the molecule is CC(C)C(C)(CN)c1ccc2ccccc2c1. The van der Waals surface area contributed by atoms with Gasteiger partial charge in [-0.2, -0.15) is 0 Å². The van der Waals surface area contributed by atoms with Crippen LogP contribution >= 0.6 is 0 Å². The fraction of sp³-hybridized carbons (Fsp3) is 0.375. The number of hydrogen-bond acceptors (Lipinski definition) is 1. The molecular weight excluding hydrogens is 206 g/mol. The van der Waals surface area contributed by atoms with Crippen LogP contribution in [0.2, 0.25) is 0 Å². The van der Waals surface area contributed by atoms with E-state index in [9.17, 15) is 0 Å². The molecular formula is C16H21N. The van der Waals surface area contributed by atoms with E-state index < -0.39 is 0 Å². The predicted molar refractivity (Wildman–Crippen MR) is 75.2 cm³/mol. The maximum Gasteiger partial charge on any atom is 0.00704 e. The summed E-state index contributed by atoms with van der Waals surface area (Å²) in [6, 6.07) is 15.2. The van der Waals surface area contributed by atoms with Crippen LogP contribution in [0.15, 0.2) is 42.5 Å². The first-order valence-corrected chi connectivity index (χ1v) is 6.27. The zero-order valence-electron chi connectivity index (χ0n) is 10.9. The molecule has 0 bridgehead atoms. The maximum absolute atomic E-state index is 5.98. The number of benzene rings is 2. The second kappa shape index (κ2) is 4.50. The van der Waals surface area contributed by atoms with Gasteiger partial charge < -0.3 is 5.73 Å². The van der Waals surface area contributed by atoms with Gasteiger partial charge in [0, 0.05) is 12.0 Å². The molecule has 0 aliphatic rings. The highest BCUT2D eigenvalue weighted by Gasteiger charge is 2.28. The number of rotatable bonds is 3. The molecule has 0 radical (unpaired) electrons.